The summed E-state index contributed by atoms with van der Waals surface area (Å²) in [6.45, 7) is 6.06. The van der Waals surface area contributed by atoms with Crippen molar-refractivity contribution in [2.75, 3.05) is 0 Å². The van der Waals surface area contributed by atoms with E-state index in [2.05, 4.69) is 23.6 Å². The van der Waals surface area contributed by atoms with E-state index in [1.54, 1.807) is 0 Å². The van der Waals surface area contributed by atoms with Crippen molar-refractivity contribution in [3.63, 3.8) is 0 Å². The molecule has 2 rings (SSSR count). The summed E-state index contributed by atoms with van der Waals surface area (Å²) in [4.78, 5) is 0. The fourth-order valence-electron chi connectivity index (χ4n) is 1.54. The number of benzene rings is 1. The van der Waals surface area contributed by atoms with Gasteiger partial charge in [-0.15, -0.1) is 0 Å². The minimum atomic E-state index is 0.716. The van der Waals surface area contributed by atoms with Crippen LogP contribution in [0.4, 0.5) is 0 Å². The van der Waals surface area contributed by atoms with Gasteiger partial charge in [0.15, 0.2) is 0 Å². The van der Waals surface area contributed by atoms with Gasteiger partial charge in [0.05, 0.1) is 11.6 Å². The molecule has 1 aromatic heterocycles. The van der Waals surface area contributed by atoms with Crippen LogP contribution >= 0.6 is 0 Å². The standard InChI is InChI=1S/C11H10N2.C2H6/c1-8-5-10-4-3-9(7-12)6-11(10)13(8)2;1-2/h3-6H,1-2H3;1-2H3. The molecular formula is C13H16N2. The maximum Gasteiger partial charge on any atom is 0.0992 e. The molecule has 0 aliphatic carbocycles. The predicted molar refractivity (Wildman–Crippen MR) is 63.7 cm³/mol. The lowest BCUT2D eigenvalue weighted by Gasteiger charge is -1.97. The van der Waals surface area contributed by atoms with E-state index in [1.807, 2.05) is 39.1 Å². The van der Waals surface area contributed by atoms with Gasteiger partial charge in [-0.05, 0) is 30.5 Å². The summed E-state index contributed by atoms with van der Waals surface area (Å²) in [5.74, 6) is 0. The lowest BCUT2D eigenvalue weighted by atomic mass is 10.2. The van der Waals surface area contributed by atoms with Gasteiger partial charge < -0.3 is 4.57 Å². The molecule has 0 N–H and O–H groups in total. The molecule has 1 aromatic carbocycles. The number of aromatic nitrogens is 1. The van der Waals surface area contributed by atoms with Crippen molar-refractivity contribution in [1.82, 2.24) is 4.57 Å². The molecule has 0 aliphatic heterocycles. The summed E-state index contributed by atoms with van der Waals surface area (Å²) in [7, 11) is 2.01. The Morgan fingerprint density at radius 1 is 1.20 bits per heavy atom. The van der Waals surface area contributed by atoms with Gasteiger partial charge in [0.2, 0.25) is 0 Å². The topological polar surface area (TPSA) is 28.7 Å². The molecule has 78 valence electrons. The molecule has 2 heteroatoms. The highest BCUT2D eigenvalue weighted by atomic mass is 14.9. The minimum Gasteiger partial charge on any atom is -0.348 e. The molecule has 0 spiro atoms. The van der Waals surface area contributed by atoms with Crippen LogP contribution in [0.25, 0.3) is 10.9 Å². The Morgan fingerprint density at radius 3 is 2.47 bits per heavy atom. The summed E-state index contributed by atoms with van der Waals surface area (Å²) < 4.78 is 2.09. The zero-order valence-electron chi connectivity index (χ0n) is 9.70. The maximum atomic E-state index is 8.74. The van der Waals surface area contributed by atoms with Gasteiger partial charge in [-0.25, -0.2) is 0 Å². The molecule has 15 heavy (non-hydrogen) atoms. The average Bonchev–Trinajstić information content (AvgIpc) is 2.57. The Labute approximate surface area is 90.8 Å². The van der Waals surface area contributed by atoms with Crippen LogP contribution in [0.1, 0.15) is 25.1 Å². The highest BCUT2D eigenvalue weighted by molar-refractivity contribution is 5.82. The van der Waals surface area contributed by atoms with Crippen molar-refractivity contribution >= 4 is 10.9 Å². The molecule has 0 aliphatic rings. The van der Waals surface area contributed by atoms with Crippen LogP contribution in [-0.2, 0) is 7.05 Å². The first-order valence-corrected chi connectivity index (χ1v) is 5.18. The Kier molecular flexibility index (Phi) is 3.51. The quantitative estimate of drug-likeness (QED) is 0.640. The first kappa shape index (κ1) is 11.3. The monoisotopic (exact) mass is 200 g/mol. The van der Waals surface area contributed by atoms with Crippen LogP contribution in [0.15, 0.2) is 24.3 Å². The maximum absolute atomic E-state index is 8.74. The van der Waals surface area contributed by atoms with Gasteiger partial charge in [-0.2, -0.15) is 5.26 Å². The number of nitrogens with zero attached hydrogens (tertiary/aromatic N) is 2. The van der Waals surface area contributed by atoms with E-state index < -0.39 is 0 Å². The molecule has 0 saturated carbocycles. The average molecular weight is 200 g/mol. The van der Waals surface area contributed by atoms with Crippen LogP contribution in [0, 0.1) is 18.3 Å². The van der Waals surface area contributed by atoms with Gasteiger partial charge in [0.1, 0.15) is 0 Å². The second kappa shape index (κ2) is 4.65. The normalized spacial score (nSPS) is 9.27. The molecule has 0 fully saturated rings. The molecule has 0 saturated heterocycles. The van der Waals surface area contributed by atoms with Crippen molar-refractivity contribution in [1.29, 1.82) is 5.26 Å². The lowest BCUT2D eigenvalue weighted by Crippen LogP contribution is -1.89. The Balaban J connectivity index is 0.000000531. The van der Waals surface area contributed by atoms with E-state index in [1.165, 1.54) is 11.1 Å². The molecule has 0 atom stereocenters. The molecule has 0 amide bonds. The van der Waals surface area contributed by atoms with Crippen molar-refractivity contribution in [3.05, 3.63) is 35.5 Å². The third-order valence-electron chi connectivity index (χ3n) is 2.41. The Hall–Kier alpha value is -1.75. The van der Waals surface area contributed by atoms with E-state index in [9.17, 15) is 0 Å². The third kappa shape index (κ3) is 2.02. The number of aryl methyl sites for hydroxylation is 2. The summed E-state index contributed by atoms with van der Waals surface area (Å²) in [6.07, 6.45) is 0. The number of hydrogen-bond acceptors (Lipinski definition) is 1. The molecule has 0 radical (unpaired) electrons. The van der Waals surface area contributed by atoms with Crippen molar-refractivity contribution in [2.24, 2.45) is 7.05 Å². The van der Waals surface area contributed by atoms with Crippen molar-refractivity contribution in [2.45, 2.75) is 20.8 Å². The Bertz CT molecular complexity index is 501. The molecule has 0 bridgehead atoms. The highest BCUT2D eigenvalue weighted by Gasteiger charge is 2.02. The van der Waals surface area contributed by atoms with Crippen LogP contribution in [0.2, 0.25) is 0 Å². The second-order valence-electron chi connectivity index (χ2n) is 3.23. The van der Waals surface area contributed by atoms with Gasteiger partial charge in [-0.3, -0.25) is 0 Å². The van der Waals surface area contributed by atoms with Gasteiger partial charge in [0.25, 0.3) is 0 Å². The summed E-state index contributed by atoms with van der Waals surface area (Å²) in [6, 6.07) is 10.0. The molecular weight excluding hydrogens is 184 g/mol. The van der Waals surface area contributed by atoms with E-state index in [-0.39, 0.29) is 0 Å². The van der Waals surface area contributed by atoms with Crippen LogP contribution in [-0.4, -0.2) is 4.57 Å². The zero-order chi connectivity index (χ0) is 11.4. The van der Waals surface area contributed by atoms with E-state index >= 15 is 0 Å². The SMILES string of the molecule is CC.Cc1cc2ccc(C#N)cc2n1C. The Morgan fingerprint density at radius 2 is 1.87 bits per heavy atom. The predicted octanol–water partition coefficient (Wildman–Crippen LogP) is 3.38. The van der Waals surface area contributed by atoms with E-state index in [4.69, 9.17) is 5.26 Å². The lowest BCUT2D eigenvalue weighted by molar-refractivity contribution is 0.918. The van der Waals surface area contributed by atoms with Crippen molar-refractivity contribution in [3.8, 4) is 6.07 Å². The number of hydrogen-bond donors (Lipinski definition) is 0. The van der Waals surface area contributed by atoms with Crippen LogP contribution in [0.3, 0.4) is 0 Å². The largest absolute Gasteiger partial charge is 0.348 e. The smallest absolute Gasteiger partial charge is 0.0992 e. The molecule has 1 heterocycles. The van der Waals surface area contributed by atoms with Gasteiger partial charge >= 0.3 is 0 Å². The summed E-state index contributed by atoms with van der Waals surface area (Å²) in [5.41, 5.74) is 3.05. The first-order chi connectivity index (χ1) is 7.22. The fraction of sp³-hybridized carbons (Fsp3) is 0.308. The second-order valence-corrected chi connectivity index (χ2v) is 3.23. The fourth-order valence-corrected chi connectivity index (χ4v) is 1.54. The summed E-state index contributed by atoms with van der Waals surface area (Å²) in [5, 5.41) is 9.93. The van der Waals surface area contributed by atoms with Gasteiger partial charge in [0, 0.05) is 18.3 Å². The number of nitriles is 1. The number of fused-ring (bicyclic) bond motifs is 1. The van der Waals surface area contributed by atoms with Crippen LogP contribution in [0.5, 0.6) is 0 Å². The van der Waals surface area contributed by atoms with Crippen molar-refractivity contribution < 1.29 is 0 Å². The van der Waals surface area contributed by atoms with Crippen LogP contribution < -0.4 is 0 Å². The minimum absolute atomic E-state index is 0.716. The number of rotatable bonds is 0. The van der Waals surface area contributed by atoms with Gasteiger partial charge in [-0.1, -0.05) is 19.9 Å². The molecule has 2 nitrogen and oxygen atoms in total. The van der Waals surface area contributed by atoms with E-state index in [0.717, 1.165) is 5.52 Å². The zero-order valence-corrected chi connectivity index (χ0v) is 9.70. The molecule has 0 unspecified atom stereocenters. The summed E-state index contributed by atoms with van der Waals surface area (Å²) >= 11 is 0. The highest BCUT2D eigenvalue weighted by Crippen LogP contribution is 2.19. The van der Waals surface area contributed by atoms with E-state index in [0.29, 0.717) is 5.56 Å². The first-order valence-electron chi connectivity index (χ1n) is 5.18. The third-order valence-corrected chi connectivity index (χ3v) is 2.41. The molecule has 2 aromatic rings.